The Balaban J connectivity index is 1.92. The number of aliphatic carboxylic acids is 1. The topological polar surface area (TPSA) is 122 Å². The number of barbiturate groups is 1. The van der Waals surface area contributed by atoms with Gasteiger partial charge >= 0.3 is 12.0 Å². The molecule has 0 atom stereocenters. The summed E-state index contributed by atoms with van der Waals surface area (Å²) in [4.78, 5) is 49.2. The summed E-state index contributed by atoms with van der Waals surface area (Å²) in [6, 6.07) is 10.5. The van der Waals surface area contributed by atoms with Crippen molar-refractivity contribution in [2.24, 2.45) is 0 Å². The number of aryl methyl sites for hydroxylation is 1. The van der Waals surface area contributed by atoms with E-state index in [1.807, 2.05) is 6.92 Å². The van der Waals surface area contributed by atoms with E-state index in [-0.39, 0.29) is 17.1 Å². The maximum Gasteiger partial charge on any atom is 0.341 e. The van der Waals surface area contributed by atoms with E-state index in [0.717, 1.165) is 16.9 Å². The van der Waals surface area contributed by atoms with Gasteiger partial charge in [-0.2, -0.15) is 0 Å². The van der Waals surface area contributed by atoms with Crippen LogP contribution >= 0.6 is 0 Å². The summed E-state index contributed by atoms with van der Waals surface area (Å²) < 4.78 is 10.3. The van der Waals surface area contributed by atoms with Crippen molar-refractivity contribution in [2.75, 3.05) is 18.6 Å². The highest BCUT2D eigenvalue weighted by Crippen LogP contribution is 2.30. The predicted octanol–water partition coefficient (Wildman–Crippen LogP) is 2.39. The van der Waals surface area contributed by atoms with Gasteiger partial charge in [0, 0.05) is 0 Å². The molecular weight excluding hydrogens is 404 g/mol. The number of amides is 4. The van der Waals surface area contributed by atoms with Gasteiger partial charge in [0.1, 0.15) is 5.57 Å². The molecule has 0 aromatic heterocycles. The number of anilines is 1. The fourth-order valence-corrected chi connectivity index (χ4v) is 2.97. The second-order valence-electron chi connectivity index (χ2n) is 6.57. The van der Waals surface area contributed by atoms with E-state index in [2.05, 4.69) is 5.32 Å². The molecule has 31 heavy (non-hydrogen) atoms. The molecule has 2 aromatic rings. The number of carbonyl (C=O) groups excluding carboxylic acids is 3. The molecule has 0 spiro atoms. The molecule has 1 saturated heterocycles. The normalized spacial score (nSPS) is 15.1. The molecule has 2 N–H and O–H groups in total. The fraction of sp³-hybridized carbons (Fsp3) is 0.182. The zero-order chi connectivity index (χ0) is 22.5. The number of urea groups is 1. The largest absolute Gasteiger partial charge is 0.493 e. The minimum atomic E-state index is -1.14. The Hall–Kier alpha value is -4.14. The van der Waals surface area contributed by atoms with Crippen molar-refractivity contribution in [1.82, 2.24) is 5.32 Å². The molecule has 160 valence electrons. The monoisotopic (exact) mass is 424 g/mol. The van der Waals surface area contributed by atoms with Gasteiger partial charge in [-0.15, -0.1) is 0 Å². The van der Waals surface area contributed by atoms with Gasteiger partial charge in [-0.1, -0.05) is 25.1 Å². The molecule has 1 aliphatic rings. The second-order valence-corrected chi connectivity index (χ2v) is 6.57. The van der Waals surface area contributed by atoms with E-state index in [1.54, 1.807) is 24.3 Å². The van der Waals surface area contributed by atoms with Gasteiger partial charge < -0.3 is 14.6 Å². The van der Waals surface area contributed by atoms with Gasteiger partial charge in [-0.05, 0) is 47.9 Å². The van der Waals surface area contributed by atoms with Crippen LogP contribution in [0.3, 0.4) is 0 Å². The molecule has 9 nitrogen and oxygen atoms in total. The van der Waals surface area contributed by atoms with Crippen molar-refractivity contribution in [3.8, 4) is 11.5 Å². The highest BCUT2D eigenvalue weighted by atomic mass is 16.5. The van der Waals surface area contributed by atoms with Crippen molar-refractivity contribution in [3.05, 3.63) is 59.2 Å². The lowest BCUT2D eigenvalue weighted by molar-refractivity contribution is -0.139. The number of hydrogen-bond donors (Lipinski definition) is 2. The maximum atomic E-state index is 13.0. The average molecular weight is 424 g/mol. The maximum absolute atomic E-state index is 13.0. The summed E-state index contributed by atoms with van der Waals surface area (Å²) in [5.74, 6) is -2.30. The highest BCUT2D eigenvalue weighted by Gasteiger charge is 2.36. The van der Waals surface area contributed by atoms with Gasteiger partial charge in [-0.25, -0.2) is 14.5 Å². The first kappa shape index (κ1) is 21.6. The first-order chi connectivity index (χ1) is 14.8. The SMILES string of the molecule is CCc1ccc(N2C(=O)NC(=O)C(=Cc3ccc(OCC(=O)O)c(OC)c3)C2=O)cc1. The molecule has 3 rings (SSSR count). The number of carboxylic acids is 1. The van der Waals surface area contributed by atoms with Crippen LogP contribution in [0.4, 0.5) is 10.5 Å². The Labute approximate surface area is 177 Å². The molecule has 4 amide bonds. The quantitative estimate of drug-likeness (QED) is 0.517. The minimum Gasteiger partial charge on any atom is -0.493 e. The molecule has 0 unspecified atom stereocenters. The number of hydrogen-bond acceptors (Lipinski definition) is 6. The third-order valence-electron chi connectivity index (χ3n) is 4.55. The molecular formula is C22H20N2O7. The van der Waals surface area contributed by atoms with E-state index in [0.29, 0.717) is 11.3 Å². The van der Waals surface area contributed by atoms with Crippen molar-refractivity contribution in [1.29, 1.82) is 0 Å². The van der Waals surface area contributed by atoms with Gasteiger partial charge in [0.15, 0.2) is 18.1 Å². The van der Waals surface area contributed by atoms with Crippen LogP contribution in [-0.2, 0) is 20.8 Å². The summed E-state index contributed by atoms with van der Waals surface area (Å²) in [6.45, 7) is 1.44. The molecule has 1 aliphatic heterocycles. The summed E-state index contributed by atoms with van der Waals surface area (Å²) in [5.41, 5.74) is 1.57. The fourth-order valence-electron chi connectivity index (χ4n) is 2.97. The number of imide groups is 2. The number of nitrogens with one attached hydrogen (secondary N) is 1. The molecule has 0 radical (unpaired) electrons. The van der Waals surface area contributed by atoms with Crippen LogP contribution in [-0.4, -0.2) is 42.6 Å². The van der Waals surface area contributed by atoms with Gasteiger partial charge in [-0.3, -0.25) is 14.9 Å². The number of rotatable bonds is 7. The Morgan fingerprint density at radius 3 is 2.42 bits per heavy atom. The van der Waals surface area contributed by atoms with Crippen molar-refractivity contribution in [2.45, 2.75) is 13.3 Å². The number of ether oxygens (including phenoxy) is 2. The van der Waals surface area contributed by atoms with Gasteiger partial charge in [0.2, 0.25) is 0 Å². The molecule has 0 aliphatic carbocycles. The van der Waals surface area contributed by atoms with Crippen LogP contribution in [0, 0.1) is 0 Å². The summed E-state index contributed by atoms with van der Waals surface area (Å²) in [6.07, 6.45) is 2.12. The van der Waals surface area contributed by atoms with E-state index in [4.69, 9.17) is 14.6 Å². The van der Waals surface area contributed by atoms with E-state index < -0.39 is 30.4 Å². The first-order valence-corrected chi connectivity index (χ1v) is 9.37. The Kier molecular flexibility index (Phi) is 6.35. The number of methoxy groups -OCH3 is 1. The summed E-state index contributed by atoms with van der Waals surface area (Å²) in [7, 11) is 1.37. The first-order valence-electron chi connectivity index (χ1n) is 9.37. The molecule has 9 heteroatoms. The average Bonchev–Trinajstić information content (AvgIpc) is 2.75. The molecule has 1 fully saturated rings. The van der Waals surface area contributed by atoms with Crippen LogP contribution in [0.5, 0.6) is 11.5 Å². The third kappa shape index (κ3) is 4.72. The van der Waals surface area contributed by atoms with Crippen LogP contribution in [0.1, 0.15) is 18.1 Å². The zero-order valence-corrected chi connectivity index (χ0v) is 16.9. The molecule has 0 bridgehead atoms. The predicted molar refractivity (Wildman–Crippen MR) is 111 cm³/mol. The van der Waals surface area contributed by atoms with Crippen LogP contribution in [0.2, 0.25) is 0 Å². The number of carbonyl (C=O) groups is 4. The van der Waals surface area contributed by atoms with Crippen LogP contribution in [0.15, 0.2) is 48.0 Å². The third-order valence-corrected chi connectivity index (χ3v) is 4.55. The second kappa shape index (κ2) is 9.12. The lowest BCUT2D eigenvalue weighted by atomic mass is 10.1. The van der Waals surface area contributed by atoms with Crippen LogP contribution in [0.25, 0.3) is 6.08 Å². The molecule has 2 aromatic carbocycles. The minimum absolute atomic E-state index is 0.194. The van der Waals surface area contributed by atoms with Crippen molar-refractivity contribution >= 4 is 35.6 Å². The number of benzene rings is 2. The Morgan fingerprint density at radius 2 is 1.81 bits per heavy atom. The Bertz CT molecular complexity index is 1070. The van der Waals surface area contributed by atoms with E-state index in [9.17, 15) is 19.2 Å². The molecule has 0 saturated carbocycles. The number of carboxylic acid groups (broad SMARTS) is 1. The lowest BCUT2D eigenvalue weighted by Crippen LogP contribution is -2.54. The van der Waals surface area contributed by atoms with Gasteiger partial charge in [0.25, 0.3) is 11.8 Å². The summed E-state index contributed by atoms with van der Waals surface area (Å²) in [5, 5.41) is 10.9. The molecule has 1 heterocycles. The lowest BCUT2D eigenvalue weighted by Gasteiger charge is -2.26. The van der Waals surface area contributed by atoms with E-state index >= 15 is 0 Å². The number of nitrogens with zero attached hydrogens (tertiary/aromatic N) is 1. The standard InChI is InChI=1S/C22H20N2O7/c1-3-13-4-7-15(8-5-13)24-21(28)16(20(27)23-22(24)29)10-14-6-9-17(18(11-14)30-2)31-12-19(25)26/h4-11H,3,12H2,1-2H3,(H,25,26)(H,23,27,29). The zero-order valence-electron chi connectivity index (χ0n) is 16.9. The van der Waals surface area contributed by atoms with Crippen LogP contribution < -0.4 is 19.7 Å². The summed E-state index contributed by atoms with van der Waals surface area (Å²) >= 11 is 0. The van der Waals surface area contributed by atoms with E-state index in [1.165, 1.54) is 31.4 Å². The van der Waals surface area contributed by atoms with Gasteiger partial charge in [0.05, 0.1) is 12.8 Å². The van der Waals surface area contributed by atoms with Crippen molar-refractivity contribution in [3.63, 3.8) is 0 Å². The smallest absolute Gasteiger partial charge is 0.341 e. The Morgan fingerprint density at radius 1 is 1.10 bits per heavy atom. The highest BCUT2D eigenvalue weighted by molar-refractivity contribution is 6.39. The van der Waals surface area contributed by atoms with Crippen molar-refractivity contribution < 1.29 is 33.8 Å².